The van der Waals surface area contributed by atoms with E-state index in [0.717, 1.165) is 24.6 Å². The van der Waals surface area contributed by atoms with Gasteiger partial charge in [0.15, 0.2) is 0 Å². The van der Waals surface area contributed by atoms with Gasteiger partial charge in [0.1, 0.15) is 5.75 Å². The number of nitrogens with one attached hydrogen (secondary N) is 1. The Kier molecular flexibility index (Phi) is 2.36. The molecule has 13 heavy (non-hydrogen) atoms. The highest BCUT2D eigenvalue weighted by Crippen LogP contribution is 2.17. The summed E-state index contributed by atoms with van der Waals surface area (Å²) in [6.07, 6.45) is 0.409. The standard InChI is InChI=1S/C10H13NO2/c1-12-9-4-2-3-8(5-9)11-6-10-7-13-10/h2-5,10-11H,6-7H2,1H3. The highest BCUT2D eigenvalue weighted by atomic mass is 16.6. The van der Waals surface area contributed by atoms with E-state index in [2.05, 4.69) is 5.32 Å². The number of benzene rings is 1. The van der Waals surface area contributed by atoms with Gasteiger partial charge < -0.3 is 14.8 Å². The van der Waals surface area contributed by atoms with Gasteiger partial charge in [0.2, 0.25) is 0 Å². The second-order valence-corrected chi connectivity index (χ2v) is 3.07. The molecule has 1 aromatic rings. The molecular formula is C10H13NO2. The zero-order valence-electron chi connectivity index (χ0n) is 7.62. The molecule has 0 amide bonds. The van der Waals surface area contributed by atoms with E-state index in [1.807, 2.05) is 24.3 Å². The van der Waals surface area contributed by atoms with E-state index in [-0.39, 0.29) is 0 Å². The van der Waals surface area contributed by atoms with E-state index in [1.54, 1.807) is 7.11 Å². The van der Waals surface area contributed by atoms with Gasteiger partial charge in [-0.15, -0.1) is 0 Å². The van der Waals surface area contributed by atoms with Gasteiger partial charge in [-0.2, -0.15) is 0 Å². The first-order valence-corrected chi connectivity index (χ1v) is 4.38. The molecule has 0 spiro atoms. The van der Waals surface area contributed by atoms with Crippen LogP contribution in [-0.4, -0.2) is 26.4 Å². The molecule has 0 saturated carbocycles. The van der Waals surface area contributed by atoms with Crippen LogP contribution >= 0.6 is 0 Å². The van der Waals surface area contributed by atoms with E-state index >= 15 is 0 Å². The zero-order chi connectivity index (χ0) is 9.10. The van der Waals surface area contributed by atoms with Crippen LogP contribution in [0.2, 0.25) is 0 Å². The van der Waals surface area contributed by atoms with Crippen LogP contribution in [0.3, 0.4) is 0 Å². The molecule has 1 N–H and O–H groups in total. The van der Waals surface area contributed by atoms with Crippen molar-refractivity contribution in [2.75, 3.05) is 25.6 Å². The number of epoxide rings is 1. The van der Waals surface area contributed by atoms with Crippen LogP contribution in [0.5, 0.6) is 5.75 Å². The quantitative estimate of drug-likeness (QED) is 0.711. The number of ether oxygens (including phenoxy) is 2. The number of methoxy groups -OCH3 is 1. The van der Waals surface area contributed by atoms with Crippen molar-refractivity contribution in [2.45, 2.75) is 6.10 Å². The minimum absolute atomic E-state index is 0.409. The lowest BCUT2D eigenvalue weighted by atomic mass is 10.3. The minimum atomic E-state index is 0.409. The van der Waals surface area contributed by atoms with Gasteiger partial charge in [-0.05, 0) is 12.1 Å². The molecule has 1 saturated heterocycles. The zero-order valence-corrected chi connectivity index (χ0v) is 7.62. The Hall–Kier alpha value is -1.22. The molecule has 1 fully saturated rings. The second-order valence-electron chi connectivity index (χ2n) is 3.07. The predicted molar refractivity (Wildman–Crippen MR) is 51.2 cm³/mol. The third-order valence-electron chi connectivity index (χ3n) is 2.01. The first-order valence-electron chi connectivity index (χ1n) is 4.38. The topological polar surface area (TPSA) is 33.8 Å². The third kappa shape index (κ3) is 2.36. The van der Waals surface area contributed by atoms with Crippen LogP contribution in [0, 0.1) is 0 Å². The van der Waals surface area contributed by atoms with Gasteiger partial charge in [0.05, 0.1) is 19.8 Å². The lowest BCUT2D eigenvalue weighted by Gasteiger charge is -2.05. The summed E-state index contributed by atoms with van der Waals surface area (Å²) in [6.45, 7) is 1.77. The van der Waals surface area contributed by atoms with Crippen molar-refractivity contribution in [3.05, 3.63) is 24.3 Å². The fraction of sp³-hybridized carbons (Fsp3) is 0.400. The highest BCUT2D eigenvalue weighted by Gasteiger charge is 2.21. The number of anilines is 1. The molecule has 1 unspecified atom stereocenters. The average Bonchev–Trinajstić information content (AvgIpc) is 2.99. The monoisotopic (exact) mass is 179 g/mol. The van der Waals surface area contributed by atoms with Crippen LogP contribution in [-0.2, 0) is 4.74 Å². The average molecular weight is 179 g/mol. The minimum Gasteiger partial charge on any atom is -0.497 e. The maximum atomic E-state index is 5.11. The van der Waals surface area contributed by atoms with Crippen molar-refractivity contribution in [1.29, 1.82) is 0 Å². The van der Waals surface area contributed by atoms with Crippen molar-refractivity contribution < 1.29 is 9.47 Å². The van der Waals surface area contributed by atoms with Crippen LogP contribution in [0.25, 0.3) is 0 Å². The normalized spacial score (nSPS) is 19.6. The van der Waals surface area contributed by atoms with Crippen LogP contribution < -0.4 is 10.1 Å². The number of hydrogen-bond donors (Lipinski definition) is 1. The molecule has 1 aliphatic heterocycles. The van der Waals surface area contributed by atoms with Gasteiger partial charge >= 0.3 is 0 Å². The maximum absolute atomic E-state index is 5.11. The molecule has 0 bridgehead atoms. The van der Waals surface area contributed by atoms with Gasteiger partial charge in [-0.3, -0.25) is 0 Å². The van der Waals surface area contributed by atoms with Crippen molar-refractivity contribution in [1.82, 2.24) is 0 Å². The predicted octanol–water partition coefficient (Wildman–Crippen LogP) is 1.51. The summed E-state index contributed by atoms with van der Waals surface area (Å²) < 4.78 is 10.2. The first-order chi connectivity index (χ1) is 6.38. The fourth-order valence-electron chi connectivity index (χ4n) is 1.15. The Bertz CT molecular complexity index is 284. The van der Waals surface area contributed by atoms with E-state index < -0.39 is 0 Å². The van der Waals surface area contributed by atoms with Crippen molar-refractivity contribution in [3.63, 3.8) is 0 Å². The lowest BCUT2D eigenvalue weighted by molar-refractivity contribution is 0.413. The van der Waals surface area contributed by atoms with E-state index in [9.17, 15) is 0 Å². The molecule has 3 heteroatoms. The molecule has 0 aliphatic carbocycles. The summed E-state index contributed by atoms with van der Waals surface area (Å²) >= 11 is 0. The molecule has 2 rings (SSSR count). The molecular weight excluding hydrogens is 166 g/mol. The maximum Gasteiger partial charge on any atom is 0.120 e. The third-order valence-corrected chi connectivity index (χ3v) is 2.01. The Morgan fingerprint density at radius 3 is 3.15 bits per heavy atom. The number of hydrogen-bond acceptors (Lipinski definition) is 3. The van der Waals surface area contributed by atoms with Gasteiger partial charge in [-0.1, -0.05) is 6.07 Å². The van der Waals surface area contributed by atoms with E-state index in [1.165, 1.54) is 0 Å². The molecule has 1 aromatic carbocycles. The highest BCUT2D eigenvalue weighted by molar-refractivity contribution is 5.48. The molecule has 0 radical (unpaired) electrons. The van der Waals surface area contributed by atoms with E-state index in [4.69, 9.17) is 9.47 Å². The van der Waals surface area contributed by atoms with Crippen LogP contribution in [0.15, 0.2) is 24.3 Å². The van der Waals surface area contributed by atoms with Gasteiger partial charge in [-0.25, -0.2) is 0 Å². The largest absolute Gasteiger partial charge is 0.497 e. The summed E-state index contributed by atoms with van der Waals surface area (Å²) in [5.74, 6) is 0.877. The summed E-state index contributed by atoms with van der Waals surface area (Å²) in [5.41, 5.74) is 1.08. The SMILES string of the molecule is COc1cccc(NCC2CO2)c1. The molecule has 1 aliphatic rings. The Labute approximate surface area is 77.7 Å². The Morgan fingerprint density at radius 1 is 1.62 bits per heavy atom. The van der Waals surface area contributed by atoms with Crippen LogP contribution in [0.4, 0.5) is 5.69 Å². The van der Waals surface area contributed by atoms with Crippen molar-refractivity contribution in [2.24, 2.45) is 0 Å². The summed E-state index contributed by atoms with van der Waals surface area (Å²) in [4.78, 5) is 0. The number of rotatable bonds is 4. The molecule has 1 heterocycles. The second kappa shape index (κ2) is 3.66. The van der Waals surface area contributed by atoms with Crippen molar-refractivity contribution in [3.8, 4) is 5.75 Å². The summed E-state index contributed by atoms with van der Waals surface area (Å²) in [5, 5.41) is 3.28. The van der Waals surface area contributed by atoms with Crippen LogP contribution in [0.1, 0.15) is 0 Å². The molecule has 1 atom stereocenters. The van der Waals surface area contributed by atoms with Gasteiger partial charge in [0.25, 0.3) is 0 Å². The van der Waals surface area contributed by atoms with Gasteiger partial charge in [0, 0.05) is 18.3 Å². The Morgan fingerprint density at radius 2 is 2.46 bits per heavy atom. The molecule has 0 aromatic heterocycles. The van der Waals surface area contributed by atoms with Crippen molar-refractivity contribution >= 4 is 5.69 Å². The molecule has 3 nitrogen and oxygen atoms in total. The smallest absolute Gasteiger partial charge is 0.120 e. The molecule has 70 valence electrons. The summed E-state index contributed by atoms with van der Waals surface area (Å²) in [7, 11) is 1.67. The lowest BCUT2D eigenvalue weighted by Crippen LogP contribution is -2.07. The summed E-state index contributed by atoms with van der Waals surface area (Å²) in [6, 6.07) is 7.89. The van der Waals surface area contributed by atoms with E-state index in [0.29, 0.717) is 6.10 Å². The first kappa shape index (κ1) is 8.38. The Balaban J connectivity index is 1.93. The fourth-order valence-corrected chi connectivity index (χ4v) is 1.15.